The minimum atomic E-state index is -0.325. The van der Waals surface area contributed by atoms with Gasteiger partial charge < -0.3 is 10.6 Å². The van der Waals surface area contributed by atoms with Crippen LogP contribution in [0.15, 0.2) is 18.2 Å². The smallest absolute Gasteiger partial charge is 0.148 e. The summed E-state index contributed by atoms with van der Waals surface area (Å²) in [6.07, 6.45) is 3.64. The third kappa shape index (κ3) is 1.43. The largest absolute Gasteiger partial charge is 0.395 e. The molecule has 1 aromatic carbocycles. The summed E-state index contributed by atoms with van der Waals surface area (Å²) in [5.74, 6) is -0.325. The van der Waals surface area contributed by atoms with E-state index in [1.807, 2.05) is 13.1 Å². The standard InChI is InChI=1S/C11H15FN2/c1-14(8-4-2-5-8)10-7-3-6-9(12)11(10)13/h3,6-8H,2,4-5,13H2,1H3. The summed E-state index contributed by atoms with van der Waals surface area (Å²) in [5.41, 5.74) is 6.76. The van der Waals surface area contributed by atoms with Gasteiger partial charge in [-0.3, -0.25) is 0 Å². The predicted molar refractivity (Wildman–Crippen MR) is 56.9 cm³/mol. The highest BCUT2D eigenvalue weighted by Gasteiger charge is 2.23. The quantitative estimate of drug-likeness (QED) is 0.732. The average Bonchev–Trinajstić information content (AvgIpc) is 2.06. The van der Waals surface area contributed by atoms with Crippen LogP contribution in [0, 0.1) is 5.82 Å². The highest BCUT2D eigenvalue weighted by Crippen LogP contribution is 2.32. The molecule has 0 bridgehead atoms. The van der Waals surface area contributed by atoms with E-state index in [0.717, 1.165) is 5.69 Å². The van der Waals surface area contributed by atoms with E-state index in [9.17, 15) is 4.39 Å². The maximum atomic E-state index is 13.2. The first-order valence-electron chi connectivity index (χ1n) is 4.97. The van der Waals surface area contributed by atoms with E-state index in [2.05, 4.69) is 4.90 Å². The molecule has 1 saturated carbocycles. The number of rotatable bonds is 2. The molecule has 0 amide bonds. The zero-order valence-electron chi connectivity index (χ0n) is 8.33. The van der Waals surface area contributed by atoms with Gasteiger partial charge in [-0.25, -0.2) is 4.39 Å². The monoisotopic (exact) mass is 194 g/mol. The highest BCUT2D eigenvalue weighted by molar-refractivity contribution is 5.68. The third-order valence-electron chi connectivity index (χ3n) is 3.03. The van der Waals surface area contributed by atoms with Gasteiger partial charge in [0.2, 0.25) is 0 Å². The van der Waals surface area contributed by atoms with Crippen molar-refractivity contribution in [3.63, 3.8) is 0 Å². The summed E-state index contributed by atoms with van der Waals surface area (Å²) in [5, 5.41) is 0. The normalized spacial score (nSPS) is 16.4. The average molecular weight is 194 g/mol. The second kappa shape index (κ2) is 3.48. The maximum absolute atomic E-state index is 13.2. The van der Waals surface area contributed by atoms with Gasteiger partial charge in [0.05, 0.1) is 11.4 Å². The van der Waals surface area contributed by atoms with Gasteiger partial charge >= 0.3 is 0 Å². The molecule has 3 heteroatoms. The molecule has 14 heavy (non-hydrogen) atoms. The molecule has 0 heterocycles. The first-order valence-corrected chi connectivity index (χ1v) is 4.97. The van der Waals surface area contributed by atoms with Crippen molar-refractivity contribution in [1.82, 2.24) is 0 Å². The van der Waals surface area contributed by atoms with E-state index in [-0.39, 0.29) is 11.5 Å². The summed E-state index contributed by atoms with van der Waals surface area (Å²) < 4.78 is 13.2. The van der Waals surface area contributed by atoms with Gasteiger partial charge in [-0.05, 0) is 31.4 Å². The van der Waals surface area contributed by atoms with Crippen LogP contribution in [0.3, 0.4) is 0 Å². The lowest BCUT2D eigenvalue weighted by atomic mass is 9.91. The second-order valence-corrected chi connectivity index (χ2v) is 3.87. The highest BCUT2D eigenvalue weighted by atomic mass is 19.1. The number of hydrogen-bond donors (Lipinski definition) is 1. The number of hydrogen-bond acceptors (Lipinski definition) is 2. The summed E-state index contributed by atoms with van der Waals surface area (Å²) in [6, 6.07) is 5.51. The number of anilines is 2. The molecule has 1 aromatic rings. The molecule has 0 atom stereocenters. The molecule has 0 radical (unpaired) electrons. The minimum Gasteiger partial charge on any atom is -0.395 e. The van der Waals surface area contributed by atoms with Crippen LogP contribution in [0.2, 0.25) is 0 Å². The van der Waals surface area contributed by atoms with Crippen LogP contribution in [-0.2, 0) is 0 Å². The number of nitrogens with zero attached hydrogens (tertiary/aromatic N) is 1. The van der Waals surface area contributed by atoms with Crippen molar-refractivity contribution in [2.75, 3.05) is 17.7 Å². The Morgan fingerprint density at radius 3 is 2.71 bits per heavy atom. The fourth-order valence-corrected chi connectivity index (χ4v) is 1.80. The first kappa shape index (κ1) is 9.31. The molecule has 0 spiro atoms. The van der Waals surface area contributed by atoms with Crippen LogP contribution >= 0.6 is 0 Å². The van der Waals surface area contributed by atoms with Crippen LogP contribution in [0.4, 0.5) is 15.8 Å². The molecule has 0 saturated heterocycles. The van der Waals surface area contributed by atoms with Gasteiger partial charge in [-0.2, -0.15) is 0 Å². The van der Waals surface area contributed by atoms with Gasteiger partial charge in [0, 0.05) is 13.1 Å². The lowest BCUT2D eigenvalue weighted by Gasteiger charge is -2.36. The number of nitrogens with two attached hydrogens (primary N) is 1. The molecular formula is C11H15FN2. The van der Waals surface area contributed by atoms with Crippen LogP contribution in [0.5, 0.6) is 0 Å². The summed E-state index contributed by atoms with van der Waals surface area (Å²) in [4.78, 5) is 2.09. The van der Waals surface area contributed by atoms with E-state index < -0.39 is 0 Å². The molecule has 2 N–H and O–H groups in total. The Balaban J connectivity index is 2.26. The molecule has 2 rings (SSSR count). The van der Waals surface area contributed by atoms with Crippen LogP contribution in [0.25, 0.3) is 0 Å². The lowest BCUT2D eigenvalue weighted by molar-refractivity contribution is 0.401. The molecule has 1 aliphatic carbocycles. The Morgan fingerprint density at radius 1 is 1.43 bits per heavy atom. The topological polar surface area (TPSA) is 29.3 Å². The van der Waals surface area contributed by atoms with Crippen molar-refractivity contribution in [3.8, 4) is 0 Å². The van der Waals surface area contributed by atoms with Crippen molar-refractivity contribution in [2.24, 2.45) is 0 Å². The van der Waals surface area contributed by atoms with E-state index in [0.29, 0.717) is 6.04 Å². The van der Waals surface area contributed by atoms with Gasteiger partial charge in [0.25, 0.3) is 0 Å². The van der Waals surface area contributed by atoms with Crippen molar-refractivity contribution >= 4 is 11.4 Å². The summed E-state index contributed by atoms with van der Waals surface area (Å²) >= 11 is 0. The Labute approximate surface area is 83.5 Å². The molecule has 76 valence electrons. The molecule has 0 unspecified atom stereocenters. The molecular weight excluding hydrogens is 179 g/mol. The van der Waals surface area contributed by atoms with E-state index in [4.69, 9.17) is 5.73 Å². The molecule has 1 aliphatic rings. The van der Waals surface area contributed by atoms with Crippen LogP contribution in [-0.4, -0.2) is 13.1 Å². The zero-order chi connectivity index (χ0) is 10.1. The lowest BCUT2D eigenvalue weighted by Crippen LogP contribution is -2.37. The fourth-order valence-electron chi connectivity index (χ4n) is 1.80. The Kier molecular flexibility index (Phi) is 2.32. The third-order valence-corrected chi connectivity index (χ3v) is 3.03. The number of benzene rings is 1. The van der Waals surface area contributed by atoms with Crippen LogP contribution in [0.1, 0.15) is 19.3 Å². The van der Waals surface area contributed by atoms with Crippen molar-refractivity contribution in [1.29, 1.82) is 0 Å². The zero-order valence-corrected chi connectivity index (χ0v) is 8.33. The van der Waals surface area contributed by atoms with Gasteiger partial charge in [-0.1, -0.05) is 6.07 Å². The summed E-state index contributed by atoms with van der Waals surface area (Å²) in [6.45, 7) is 0. The minimum absolute atomic E-state index is 0.266. The number of halogens is 1. The van der Waals surface area contributed by atoms with Gasteiger partial charge in [-0.15, -0.1) is 0 Å². The Morgan fingerprint density at radius 2 is 2.14 bits per heavy atom. The Hall–Kier alpha value is -1.25. The van der Waals surface area contributed by atoms with Crippen LogP contribution < -0.4 is 10.6 Å². The molecule has 2 nitrogen and oxygen atoms in total. The maximum Gasteiger partial charge on any atom is 0.148 e. The van der Waals surface area contributed by atoms with Crippen molar-refractivity contribution in [2.45, 2.75) is 25.3 Å². The van der Waals surface area contributed by atoms with Gasteiger partial charge in [0.15, 0.2) is 0 Å². The predicted octanol–water partition coefficient (Wildman–Crippen LogP) is 2.40. The second-order valence-electron chi connectivity index (χ2n) is 3.87. The molecule has 0 aliphatic heterocycles. The fraction of sp³-hybridized carbons (Fsp3) is 0.455. The molecule has 1 fully saturated rings. The number of nitrogen functional groups attached to an aromatic ring is 1. The molecule has 0 aromatic heterocycles. The SMILES string of the molecule is CN(c1cccc(F)c1N)C1CCC1. The van der Waals surface area contributed by atoms with E-state index >= 15 is 0 Å². The Bertz CT molecular complexity index is 334. The van der Waals surface area contributed by atoms with Crippen molar-refractivity contribution in [3.05, 3.63) is 24.0 Å². The van der Waals surface area contributed by atoms with E-state index in [1.165, 1.54) is 25.3 Å². The van der Waals surface area contributed by atoms with Crippen molar-refractivity contribution < 1.29 is 4.39 Å². The van der Waals surface area contributed by atoms with Gasteiger partial charge in [0.1, 0.15) is 5.82 Å². The number of para-hydroxylation sites is 1. The summed E-state index contributed by atoms with van der Waals surface area (Å²) in [7, 11) is 1.98. The van der Waals surface area contributed by atoms with E-state index in [1.54, 1.807) is 6.07 Å². The first-order chi connectivity index (χ1) is 6.70.